The van der Waals surface area contributed by atoms with Crippen molar-refractivity contribution in [1.29, 1.82) is 0 Å². The Labute approximate surface area is 316 Å². The zero-order valence-corrected chi connectivity index (χ0v) is 30.0. The number of primary amides is 1. The van der Waals surface area contributed by atoms with Gasteiger partial charge in [-0.1, -0.05) is 91.0 Å². The number of carbonyl (C=O) groups excluding carboxylic acids is 4. The van der Waals surface area contributed by atoms with Gasteiger partial charge in [0.15, 0.2) is 5.92 Å². The highest BCUT2D eigenvalue weighted by molar-refractivity contribution is 5.99. The van der Waals surface area contributed by atoms with Gasteiger partial charge in [-0.15, -0.1) is 0 Å². The Morgan fingerprint density at radius 1 is 0.836 bits per heavy atom. The Hall–Kier alpha value is -6.31. The number of nitrogens with two attached hydrogens (primary N) is 1. The molecule has 1 aliphatic heterocycles. The Balaban J connectivity index is 1.61. The summed E-state index contributed by atoms with van der Waals surface area (Å²) in [6.45, 7) is 0.117. The molecule has 2 aliphatic rings. The minimum Gasteiger partial charge on any atom is -0.481 e. The zero-order chi connectivity index (χ0) is 39.7. The summed E-state index contributed by atoms with van der Waals surface area (Å²) >= 11 is 0. The van der Waals surface area contributed by atoms with E-state index in [9.17, 15) is 48.9 Å². The number of aliphatic carboxylic acids is 3. The molecular formula is C41H44N4O10. The first-order valence-electron chi connectivity index (χ1n) is 18.0. The van der Waals surface area contributed by atoms with Crippen LogP contribution in [0.4, 0.5) is 0 Å². The van der Waals surface area contributed by atoms with E-state index >= 15 is 0 Å². The molecule has 1 unspecified atom stereocenters. The number of benzene rings is 3. The monoisotopic (exact) mass is 752 g/mol. The predicted octanol–water partition coefficient (Wildman–Crippen LogP) is 3.16. The van der Waals surface area contributed by atoms with E-state index in [0.717, 1.165) is 16.3 Å². The van der Waals surface area contributed by atoms with Gasteiger partial charge >= 0.3 is 17.9 Å². The fraction of sp³-hybridized carbons (Fsp3) is 0.341. The van der Waals surface area contributed by atoms with Gasteiger partial charge in [0.2, 0.25) is 23.6 Å². The standard InChI is InChI=1S/C41H44N4O10/c42-33(46)22-32-37(50)43-23-24(20-28-11-7-10-25-9-2-3-12-29(25)28)8-6-13-30(26-14-16-27(17-15-26)35(38(51)52)39(53)54)31(21-34(47)48)36(49)45-41(40(55)44-32)18-4-1-5-19-41/h1-4,6-7,9-17,24,30-32,35H,5,8,18-23H2,(H2,42,46)(H,43,50)(H,44,55)(H,45,49)(H,47,48)(H,51,52)(H,53,54)/b13-6+/t24-,30+,31?,32+,41+/m0/s1. The number of fused-ring (bicyclic) bond motifs is 1. The molecule has 14 nitrogen and oxygen atoms in total. The molecule has 3 aromatic carbocycles. The van der Waals surface area contributed by atoms with Gasteiger partial charge in [0.25, 0.3) is 0 Å². The van der Waals surface area contributed by atoms with Gasteiger partial charge < -0.3 is 37.0 Å². The third-order valence-corrected chi connectivity index (χ3v) is 10.3. The van der Waals surface area contributed by atoms with Crippen molar-refractivity contribution in [3.63, 3.8) is 0 Å². The molecule has 5 atom stereocenters. The lowest BCUT2D eigenvalue weighted by Crippen LogP contribution is -2.63. The normalized spacial score (nSPS) is 24.2. The summed E-state index contributed by atoms with van der Waals surface area (Å²) in [6.07, 6.45) is 7.16. The molecular weight excluding hydrogens is 708 g/mol. The van der Waals surface area contributed by atoms with Crippen LogP contribution in [0.3, 0.4) is 0 Å². The second-order valence-corrected chi connectivity index (χ2v) is 14.1. The van der Waals surface area contributed by atoms with Crippen LogP contribution in [-0.4, -0.2) is 75.0 Å². The first-order valence-corrected chi connectivity index (χ1v) is 18.0. The van der Waals surface area contributed by atoms with Gasteiger partial charge in [0.05, 0.1) is 18.8 Å². The first kappa shape index (κ1) is 39.9. The fourth-order valence-corrected chi connectivity index (χ4v) is 7.40. The maximum Gasteiger partial charge on any atom is 0.322 e. The van der Waals surface area contributed by atoms with E-state index in [4.69, 9.17) is 5.73 Å². The maximum atomic E-state index is 14.4. The van der Waals surface area contributed by atoms with Crippen molar-refractivity contribution < 1.29 is 48.9 Å². The molecule has 5 rings (SSSR count). The molecule has 4 amide bonds. The van der Waals surface area contributed by atoms with Crippen LogP contribution in [0.5, 0.6) is 0 Å². The van der Waals surface area contributed by atoms with Crippen LogP contribution in [-0.2, 0) is 40.0 Å². The molecule has 288 valence electrons. The summed E-state index contributed by atoms with van der Waals surface area (Å²) in [5.41, 5.74) is 5.28. The van der Waals surface area contributed by atoms with E-state index < -0.39 is 83.7 Å². The van der Waals surface area contributed by atoms with Gasteiger partial charge in [-0.25, -0.2) is 0 Å². The molecule has 8 N–H and O–H groups in total. The number of rotatable bonds is 10. The fourth-order valence-electron chi connectivity index (χ4n) is 7.40. The van der Waals surface area contributed by atoms with E-state index in [2.05, 4.69) is 16.0 Å². The smallest absolute Gasteiger partial charge is 0.322 e. The summed E-state index contributed by atoms with van der Waals surface area (Å²) in [4.78, 5) is 90.1. The average molecular weight is 753 g/mol. The molecule has 0 radical (unpaired) electrons. The lowest BCUT2D eigenvalue weighted by Gasteiger charge is -2.37. The third-order valence-electron chi connectivity index (χ3n) is 10.3. The van der Waals surface area contributed by atoms with Gasteiger partial charge in [-0.3, -0.25) is 33.6 Å². The van der Waals surface area contributed by atoms with Crippen LogP contribution in [0, 0.1) is 11.8 Å². The van der Waals surface area contributed by atoms with Crippen molar-refractivity contribution in [2.45, 2.75) is 68.4 Å². The van der Waals surface area contributed by atoms with Gasteiger partial charge in [-0.2, -0.15) is 0 Å². The van der Waals surface area contributed by atoms with Crippen molar-refractivity contribution >= 4 is 52.3 Å². The summed E-state index contributed by atoms with van der Waals surface area (Å²) in [7, 11) is 0. The molecule has 1 spiro atoms. The largest absolute Gasteiger partial charge is 0.481 e. The molecule has 0 saturated carbocycles. The van der Waals surface area contributed by atoms with Crippen LogP contribution in [0.1, 0.15) is 67.1 Å². The number of hydrogen-bond acceptors (Lipinski definition) is 7. The third kappa shape index (κ3) is 9.82. The van der Waals surface area contributed by atoms with Crippen molar-refractivity contribution in [2.75, 3.05) is 6.54 Å². The molecule has 14 heteroatoms. The summed E-state index contributed by atoms with van der Waals surface area (Å²) in [5.74, 6) is -11.7. The van der Waals surface area contributed by atoms with E-state index in [1.165, 1.54) is 24.3 Å². The number of nitrogens with one attached hydrogen (secondary N) is 3. The highest BCUT2D eigenvalue weighted by Gasteiger charge is 2.44. The Morgan fingerprint density at radius 3 is 2.20 bits per heavy atom. The molecule has 0 bridgehead atoms. The van der Waals surface area contributed by atoms with Gasteiger partial charge in [-0.05, 0) is 65.5 Å². The minimum atomic E-state index is -1.85. The number of allylic oxidation sites excluding steroid dienone is 3. The Bertz CT molecular complexity index is 2010. The van der Waals surface area contributed by atoms with Gasteiger partial charge in [0.1, 0.15) is 11.6 Å². The van der Waals surface area contributed by atoms with Crippen molar-refractivity contribution in [3.8, 4) is 0 Å². The average Bonchev–Trinajstić information content (AvgIpc) is 3.14. The van der Waals surface area contributed by atoms with Crippen LogP contribution in [0.25, 0.3) is 10.8 Å². The number of hydrogen-bond donors (Lipinski definition) is 7. The van der Waals surface area contributed by atoms with Crippen LogP contribution in [0.2, 0.25) is 0 Å². The Kier molecular flexibility index (Phi) is 12.8. The topological polar surface area (TPSA) is 242 Å². The van der Waals surface area contributed by atoms with Gasteiger partial charge in [0, 0.05) is 12.5 Å². The zero-order valence-electron chi connectivity index (χ0n) is 30.0. The molecule has 0 aromatic heterocycles. The van der Waals surface area contributed by atoms with Crippen molar-refractivity contribution in [3.05, 3.63) is 108 Å². The molecule has 1 heterocycles. The minimum absolute atomic E-state index is 0.0172. The second-order valence-electron chi connectivity index (χ2n) is 14.1. The highest BCUT2D eigenvalue weighted by Crippen LogP contribution is 2.34. The quantitative estimate of drug-likeness (QED) is 0.118. The number of carboxylic acid groups (broad SMARTS) is 3. The SMILES string of the molecule is NC(=O)C[C@H]1NC(=O)[C@]2(CC=CCC2)NC(=O)C(CC(=O)O)[C@@H](c2ccc(C(C(=O)O)C(=O)O)cc2)/C=C/C[C@@H](Cc2cccc3ccccc23)CNC1=O. The lowest BCUT2D eigenvalue weighted by molar-refractivity contribution is -0.150. The molecule has 0 saturated heterocycles. The number of carboxylic acids is 3. The summed E-state index contributed by atoms with van der Waals surface area (Å²) in [6, 6.07) is 18.0. The van der Waals surface area contributed by atoms with Crippen LogP contribution < -0.4 is 21.7 Å². The van der Waals surface area contributed by atoms with Crippen LogP contribution in [0.15, 0.2) is 91.0 Å². The van der Waals surface area contributed by atoms with Crippen molar-refractivity contribution in [1.82, 2.24) is 16.0 Å². The van der Waals surface area contributed by atoms with E-state index in [-0.39, 0.29) is 30.9 Å². The highest BCUT2D eigenvalue weighted by atomic mass is 16.4. The summed E-state index contributed by atoms with van der Waals surface area (Å²) < 4.78 is 0. The molecule has 0 fully saturated rings. The first-order chi connectivity index (χ1) is 26.3. The molecule has 55 heavy (non-hydrogen) atoms. The van der Waals surface area contributed by atoms with E-state index in [1.54, 1.807) is 18.2 Å². The molecule has 3 aromatic rings. The Morgan fingerprint density at radius 2 is 1.55 bits per heavy atom. The maximum absolute atomic E-state index is 14.4. The van der Waals surface area contributed by atoms with Crippen LogP contribution >= 0.6 is 0 Å². The number of carbonyl (C=O) groups is 7. The lowest BCUT2D eigenvalue weighted by atomic mass is 9.79. The molecule has 1 aliphatic carbocycles. The van der Waals surface area contributed by atoms with E-state index in [1.807, 2.05) is 48.5 Å². The second kappa shape index (κ2) is 17.7. The van der Waals surface area contributed by atoms with E-state index in [0.29, 0.717) is 24.8 Å². The predicted molar refractivity (Wildman–Crippen MR) is 200 cm³/mol. The summed E-state index contributed by atoms with van der Waals surface area (Å²) in [5, 5.41) is 39.5. The van der Waals surface area contributed by atoms with Crippen molar-refractivity contribution in [2.24, 2.45) is 17.6 Å². The number of amides is 4.